The molecule has 0 spiro atoms. The molecule has 340 valence electrons. The van der Waals surface area contributed by atoms with Crippen LogP contribution in [-0.4, -0.2) is 121 Å². The number of carbonyl (C=O) groups is 2. The highest BCUT2D eigenvalue weighted by atomic mass is 31.2. The third kappa shape index (κ3) is 16.7. The number of carbonyl (C=O) groups excluding carboxylic acids is 2. The predicted molar refractivity (Wildman–Crippen MR) is 225 cm³/mol. The van der Waals surface area contributed by atoms with Crippen molar-refractivity contribution in [2.45, 2.75) is 77.8 Å². The molecule has 2 heterocycles. The van der Waals surface area contributed by atoms with E-state index in [-0.39, 0.29) is 83.9 Å². The van der Waals surface area contributed by atoms with E-state index in [4.69, 9.17) is 32.3 Å². The minimum Gasteiger partial charge on any atom is -0.394 e. The topological polar surface area (TPSA) is 240 Å². The van der Waals surface area contributed by atoms with Crippen LogP contribution in [0.15, 0.2) is 48.5 Å². The molecule has 0 aliphatic carbocycles. The summed E-state index contributed by atoms with van der Waals surface area (Å²) >= 11 is 0. The summed E-state index contributed by atoms with van der Waals surface area (Å²) in [6.45, 7) is 7.14. The first-order chi connectivity index (χ1) is 29.3. The monoisotopic (exact) mass is 897 g/mol. The van der Waals surface area contributed by atoms with E-state index >= 15 is 0 Å². The van der Waals surface area contributed by atoms with Gasteiger partial charge in [0.15, 0.2) is 0 Å². The Morgan fingerprint density at radius 2 is 1.30 bits per heavy atom. The maximum Gasteiger partial charge on any atom is 0.472 e. The van der Waals surface area contributed by atoms with E-state index in [0.29, 0.717) is 57.9 Å². The number of nitrogens with zero attached hydrogens (tertiary/aromatic N) is 4. The van der Waals surface area contributed by atoms with Gasteiger partial charge in [-0.3, -0.25) is 27.7 Å². The van der Waals surface area contributed by atoms with Gasteiger partial charge in [0.25, 0.3) is 0 Å². The molecule has 4 N–H and O–H groups in total. The zero-order valence-corrected chi connectivity index (χ0v) is 37.1. The lowest BCUT2D eigenvalue weighted by Crippen LogP contribution is -2.34. The number of rotatable bonds is 30. The van der Waals surface area contributed by atoms with Crippen LogP contribution in [-0.2, 0) is 63.1 Å². The largest absolute Gasteiger partial charge is 0.472 e. The van der Waals surface area contributed by atoms with Crippen molar-refractivity contribution in [2.75, 3.05) is 84.1 Å². The Morgan fingerprint density at radius 1 is 0.738 bits per heavy atom. The third-order valence-electron chi connectivity index (χ3n) is 9.37. The van der Waals surface area contributed by atoms with E-state index in [1.807, 2.05) is 69.3 Å². The number of phosphoric acid groups is 2. The van der Waals surface area contributed by atoms with Crippen molar-refractivity contribution in [2.24, 2.45) is 0 Å². The highest BCUT2D eigenvalue weighted by Crippen LogP contribution is 2.45. The van der Waals surface area contributed by atoms with E-state index in [1.165, 1.54) is 0 Å². The second-order valence-electron chi connectivity index (χ2n) is 14.7. The summed E-state index contributed by atoms with van der Waals surface area (Å²) in [5.74, 6) is -0.188. The van der Waals surface area contributed by atoms with Crippen molar-refractivity contribution >= 4 is 33.1 Å². The Kier molecular flexibility index (Phi) is 21.1. The number of anilines is 1. The Hall–Kier alpha value is -3.42. The van der Waals surface area contributed by atoms with Gasteiger partial charge in [-0.2, -0.15) is 0 Å². The molecular weight excluding hydrogens is 836 g/mol. The van der Waals surface area contributed by atoms with Gasteiger partial charge in [0.05, 0.1) is 96.1 Å². The predicted octanol–water partition coefficient (Wildman–Crippen LogP) is 5.37. The maximum absolute atomic E-state index is 13.8. The van der Waals surface area contributed by atoms with Crippen LogP contribution in [0.5, 0.6) is 0 Å². The summed E-state index contributed by atoms with van der Waals surface area (Å²) in [7, 11) is -8.48. The number of aliphatic hydroxyl groups is 1. The molecule has 19 nitrogen and oxygen atoms in total. The molecule has 2 atom stereocenters. The number of fused-ring (bicyclic) bond motifs is 5. The van der Waals surface area contributed by atoms with Crippen molar-refractivity contribution in [1.29, 1.82) is 0 Å². The number of ether oxygens (including phenoxy) is 3. The molecule has 2 aromatic carbocycles. The average molecular weight is 898 g/mol. The number of hydrogen-bond donors (Lipinski definition) is 4. The number of para-hydroxylation sites is 1. The molecule has 3 aromatic rings. The van der Waals surface area contributed by atoms with Crippen molar-refractivity contribution in [3.8, 4) is 22.5 Å². The first kappa shape index (κ1) is 50.2. The van der Waals surface area contributed by atoms with Crippen molar-refractivity contribution in [1.82, 2.24) is 20.3 Å². The number of nitrogens with one attached hydrogen (secondary N) is 1. The van der Waals surface area contributed by atoms with Gasteiger partial charge < -0.3 is 39.3 Å². The molecule has 2 unspecified atom stereocenters. The molecule has 61 heavy (non-hydrogen) atoms. The van der Waals surface area contributed by atoms with Gasteiger partial charge in [-0.05, 0) is 51.2 Å². The molecule has 21 heteroatoms. The van der Waals surface area contributed by atoms with Crippen LogP contribution in [0.2, 0.25) is 0 Å². The van der Waals surface area contributed by atoms with Gasteiger partial charge in [0, 0.05) is 30.5 Å². The molecule has 1 aromatic heterocycles. The summed E-state index contributed by atoms with van der Waals surface area (Å²) in [6.07, 6.45) is 3.10. The third-order valence-corrected chi connectivity index (χ3v) is 11.4. The highest BCUT2D eigenvalue weighted by molar-refractivity contribution is 7.47. The van der Waals surface area contributed by atoms with Crippen LogP contribution >= 0.6 is 15.6 Å². The van der Waals surface area contributed by atoms with E-state index in [1.54, 1.807) is 9.58 Å². The van der Waals surface area contributed by atoms with Gasteiger partial charge in [-0.15, -0.1) is 5.10 Å². The fourth-order valence-corrected chi connectivity index (χ4v) is 7.62. The zero-order valence-electron chi connectivity index (χ0n) is 35.3. The van der Waals surface area contributed by atoms with Crippen LogP contribution in [0.3, 0.4) is 0 Å². The number of aliphatic hydroxyl groups excluding tert-OH is 1. The molecule has 1 aliphatic heterocycles. The lowest BCUT2D eigenvalue weighted by Gasteiger charge is -2.30. The second kappa shape index (κ2) is 25.6. The molecule has 0 fully saturated rings. The van der Waals surface area contributed by atoms with Crippen LogP contribution in [0, 0.1) is 0 Å². The van der Waals surface area contributed by atoms with Crippen LogP contribution in [0.25, 0.3) is 22.5 Å². The van der Waals surface area contributed by atoms with Gasteiger partial charge in [0.2, 0.25) is 11.8 Å². The van der Waals surface area contributed by atoms with Gasteiger partial charge in [-0.25, -0.2) is 13.8 Å². The Morgan fingerprint density at radius 3 is 1.95 bits per heavy atom. The van der Waals surface area contributed by atoms with Gasteiger partial charge >= 0.3 is 15.6 Å². The molecule has 0 bridgehead atoms. The standard InChI is InChI=1S/C40H61N5O14P2/c1-4-5-20-56-60(49,50)57-21-12-22-58-61(51,52)59-29-28-55-27-26-54-25-24-53-23-19-41-36(47)17-10-11-18-37(48)44-30-32-13-6-7-14-33(32)39-38(34-15-8-9-16-35(34)44)42-43-45(39)40(2,3)31-46/h6-9,13-16,46H,4-5,10-12,17-31H2,1-3H3,(H,41,47)(H,49,50)(H,51,52). The fourth-order valence-electron chi connectivity index (χ4n) is 6.09. The van der Waals surface area contributed by atoms with E-state index in [9.17, 15) is 33.6 Å². The quantitative estimate of drug-likeness (QED) is 0.0486. The second-order valence-corrected chi connectivity index (χ2v) is 17.6. The van der Waals surface area contributed by atoms with Crippen LogP contribution < -0.4 is 10.2 Å². The Bertz CT molecular complexity index is 1910. The SMILES string of the molecule is CCCCOP(=O)(O)OCCCOP(=O)(O)OCCOCCOCCOCCNC(=O)CCCCC(=O)N1Cc2ccccc2-c2c(nnn2C(C)(C)CO)-c2ccccc21. The number of aromatic nitrogens is 3. The van der Waals surface area contributed by atoms with Crippen molar-refractivity contribution < 1.29 is 65.9 Å². The summed E-state index contributed by atoms with van der Waals surface area (Å²) in [5, 5.41) is 22.0. The first-order valence-corrected chi connectivity index (χ1v) is 23.6. The van der Waals surface area contributed by atoms with Crippen molar-refractivity contribution in [3.63, 3.8) is 0 Å². The van der Waals surface area contributed by atoms with Crippen LogP contribution in [0.4, 0.5) is 5.69 Å². The van der Waals surface area contributed by atoms with Gasteiger partial charge in [0.1, 0.15) is 5.69 Å². The van der Waals surface area contributed by atoms with E-state index in [2.05, 4.69) is 15.6 Å². The lowest BCUT2D eigenvalue weighted by atomic mass is 9.94. The molecule has 4 rings (SSSR count). The van der Waals surface area contributed by atoms with Crippen molar-refractivity contribution in [3.05, 3.63) is 54.1 Å². The number of hydrogen-bond acceptors (Lipinski definition) is 14. The Balaban J connectivity index is 1.03. The maximum atomic E-state index is 13.8. The number of unbranched alkanes of at least 4 members (excludes halogenated alkanes) is 2. The minimum absolute atomic E-state index is 0.0239. The van der Waals surface area contributed by atoms with E-state index < -0.39 is 21.2 Å². The summed E-state index contributed by atoms with van der Waals surface area (Å²) in [4.78, 5) is 47.3. The highest BCUT2D eigenvalue weighted by Gasteiger charge is 2.33. The zero-order chi connectivity index (χ0) is 44.1. The molecule has 1 aliphatic rings. The Labute approximate surface area is 357 Å². The minimum atomic E-state index is -4.32. The first-order valence-electron chi connectivity index (χ1n) is 20.6. The summed E-state index contributed by atoms with van der Waals surface area (Å²) in [5.41, 5.74) is 4.05. The normalized spacial score (nSPS) is 14.6. The van der Waals surface area contributed by atoms with E-state index in [0.717, 1.165) is 34.5 Å². The summed E-state index contributed by atoms with van der Waals surface area (Å²) < 4.78 is 60.8. The fraction of sp³-hybridized carbons (Fsp3) is 0.600. The molecule has 2 amide bonds. The average Bonchev–Trinajstić information content (AvgIpc) is 3.68. The molecule has 0 radical (unpaired) electrons. The molecule has 0 saturated heterocycles. The number of benzene rings is 2. The lowest BCUT2D eigenvalue weighted by molar-refractivity contribution is -0.122. The summed E-state index contributed by atoms with van der Waals surface area (Å²) in [6, 6.07) is 15.5. The van der Waals surface area contributed by atoms with Crippen LogP contribution in [0.1, 0.15) is 71.3 Å². The van der Waals surface area contributed by atoms with Gasteiger partial charge in [-0.1, -0.05) is 61.0 Å². The molecular formula is C40H61N5O14P2. The number of amides is 2. The molecule has 0 saturated carbocycles. The smallest absolute Gasteiger partial charge is 0.394 e. The number of phosphoric ester groups is 2.